The highest BCUT2D eigenvalue weighted by Crippen LogP contribution is 2.35. The van der Waals surface area contributed by atoms with Gasteiger partial charge in [0.15, 0.2) is 15.9 Å². The van der Waals surface area contributed by atoms with Gasteiger partial charge in [0.2, 0.25) is 0 Å². The van der Waals surface area contributed by atoms with Crippen LogP contribution in [0.2, 0.25) is 0 Å². The fourth-order valence-corrected chi connectivity index (χ4v) is 5.01. The molecule has 1 amide bonds. The molecule has 2 aliphatic heterocycles. The van der Waals surface area contributed by atoms with Gasteiger partial charge in [-0.3, -0.25) is 4.79 Å². The molecule has 1 atom stereocenters. The van der Waals surface area contributed by atoms with Gasteiger partial charge in [-0.15, -0.1) is 0 Å². The highest BCUT2D eigenvalue weighted by molar-refractivity contribution is 7.91. The Morgan fingerprint density at radius 3 is 2.62 bits per heavy atom. The van der Waals surface area contributed by atoms with Crippen molar-refractivity contribution in [2.45, 2.75) is 23.8 Å². The monoisotopic (exact) mass is 461 g/mol. The lowest BCUT2D eigenvalue weighted by Crippen LogP contribution is -2.29. The molecule has 2 heterocycles. The van der Waals surface area contributed by atoms with Crippen molar-refractivity contribution in [3.8, 4) is 23.0 Å². The van der Waals surface area contributed by atoms with Crippen molar-refractivity contribution >= 4 is 21.7 Å². The second-order valence-corrected chi connectivity index (χ2v) is 9.65. The maximum absolute atomic E-state index is 12.4. The predicted octanol–water partition coefficient (Wildman–Crippen LogP) is 2.43. The summed E-state index contributed by atoms with van der Waals surface area (Å²) in [5.41, 5.74) is 0.187. The van der Waals surface area contributed by atoms with E-state index in [-0.39, 0.29) is 46.0 Å². The van der Waals surface area contributed by atoms with E-state index in [1.807, 2.05) is 0 Å². The molecule has 2 aromatic rings. The van der Waals surface area contributed by atoms with Gasteiger partial charge in [-0.2, -0.15) is 0 Å². The maximum Gasteiger partial charge on any atom is 0.338 e. The maximum atomic E-state index is 12.4. The van der Waals surface area contributed by atoms with Crippen molar-refractivity contribution in [3.05, 3.63) is 42.0 Å². The van der Waals surface area contributed by atoms with E-state index in [9.17, 15) is 18.0 Å². The molecule has 0 bridgehead atoms. The molecule has 0 N–H and O–H groups in total. The topological polar surface area (TPSA) is 108 Å². The Morgan fingerprint density at radius 2 is 1.91 bits per heavy atom. The summed E-state index contributed by atoms with van der Waals surface area (Å²) in [5, 5.41) is 0. The molecule has 10 heteroatoms. The molecule has 170 valence electrons. The van der Waals surface area contributed by atoms with Gasteiger partial charge in [-0.05, 0) is 30.7 Å². The third-order valence-electron chi connectivity index (χ3n) is 5.26. The number of fused-ring (bicyclic) bond motifs is 1. The molecule has 1 fully saturated rings. The van der Waals surface area contributed by atoms with Crippen molar-refractivity contribution in [1.82, 2.24) is 4.90 Å². The number of methoxy groups -OCH3 is 1. The van der Waals surface area contributed by atoms with Gasteiger partial charge in [0.25, 0.3) is 5.91 Å². The number of rotatable bonds is 5. The number of esters is 1. The molecule has 2 aliphatic rings. The average Bonchev–Trinajstić information content (AvgIpc) is 2.99. The smallest absolute Gasteiger partial charge is 0.338 e. The van der Waals surface area contributed by atoms with Crippen LogP contribution in [0.5, 0.6) is 23.0 Å². The number of amides is 1. The average molecular weight is 461 g/mol. The van der Waals surface area contributed by atoms with Gasteiger partial charge >= 0.3 is 5.97 Å². The summed E-state index contributed by atoms with van der Waals surface area (Å²) in [6.07, 6.45) is 0.293. The van der Waals surface area contributed by atoms with Crippen LogP contribution in [0.25, 0.3) is 0 Å². The molecule has 32 heavy (non-hydrogen) atoms. The minimum absolute atomic E-state index is 0.0250. The third kappa shape index (κ3) is 4.50. The van der Waals surface area contributed by atoms with Crippen molar-refractivity contribution in [2.75, 3.05) is 33.1 Å². The molecule has 1 unspecified atom stereocenters. The Bertz CT molecular complexity index is 1160. The molecule has 0 radical (unpaired) electrons. The second kappa shape index (κ2) is 8.70. The van der Waals surface area contributed by atoms with Crippen molar-refractivity contribution in [2.24, 2.45) is 0 Å². The van der Waals surface area contributed by atoms with Gasteiger partial charge in [-0.25, -0.2) is 13.2 Å². The minimum Gasteiger partial charge on any atom is -0.492 e. The van der Waals surface area contributed by atoms with E-state index in [1.54, 1.807) is 18.0 Å². The van der Waals surface area contributed by atoms with Crippen LogP contribution in [0, 0.1) is 0 Å². The van der Waals surface area contributed by atoms with Crippen molar-refractivity contribution in [1.29, 1.82) is 0 Å². The van der Waals surface area contributed by atoms with E-state index in [0.29, 0.717) is 25.1 Å². The number of carbonyl (C=O) groups is 2. The number of likely N-dealkylation sites (N-methyl/N-ethyl adjacent to an activating group) is 1. The van der Waals surface area contributed by atoms with Crippen LogP contribution >= 0.6 is 0 Å². The van der Waals surface area contributed by atoms with Crippen LogP contribution in [-0.2, 0) is 19.4 Å². The largest absolute Gasteiger partial charge is 0.492 e. The lowest BCUT2D eigenvalue weighted by atomic mass is 10.2. The van der Waals surface area contributed by atoms with Gasteiger partial charge in [0.1, 0.15) is 27.9 Å². The Balaban J connectivity index is 1.63. The van der Waals surface area contributed by atoms with Gasteiger partial charge in [0.05, 0.1) is 25.0 Å². The van der Waals surface area contributed by atoms with Gasteiger partial charge in [0, 0.05) is 32.1 Å². The van der Waals surface area contributed by atoms with E-state index in [0.717, 1.165) is 0 Å². The fourth-order valence-electron chi connectivity index (χ4n) is 3.60. The van der Waals surface area contributed by atoms with Crippen LogP contribution in [0.1, 0.15) is 23.2 Å². The van der Waals surface area contributed by atoms with Gasteiger partial charge in [-0.1, -0.05) is 0 Å². The molecule has 4 rings (SSSR count). The zero-order chi connectivity index (χ0) is 22.9. The highest BCUT2D eigenvalue weighted by Gasteiger charge is 2.31. The van der Waals surface area contributed by atoms with E-state index in [1.165, 1.54) is 37.4 Å². The summed E-state index contributed by atoms with van der Waals surface area (Å²) in [6.45, 7) is 0.872. The summed E-state index contributed by atoms with van der Waals surface area (Å²) in [7, 11) is -0.457. The minimum atomic E-state index is -3.42. The van der Waals surface area contributed by atoms with Crippen LogP contribution in [0.3, 0.4) is 0 Å². The Morgan fingerprint density at radius 1 is 1.12 bits per heavy atom. The summed E-state index contributed by atoms with van der Waals surface area (Å²) >= 11 is 0. The second-order valence-electron chi connectivity index (χ2n) is 7.57. The van der Waals surface area contributed by atoms with Crippen molar-refractivity contribution in [3.63, 3.8) is 0 Å². The summed E-state index contributed by atoms with van der Waals surface area (Å²) in [5.74, 6) is 0.387. The van der Waals surface area contributed by atoms with Crippen LogP contribution in [-0.4, -0.2) is 64.4 Å². The SMILES string of the molecule is COC(=O)c1cc(Oc2ccc3c(c2)OCCCS3(=O)=O)cc(OC2CCN(C)C2=O)c1. The number of hydrogen-bond acceptors (Lipinski definition) is 8. The third-order valence-corrected chi connectivity index (χ3v) is 7.09. The number of sulfone groups is 1. The molecule has 1 saturated heterocycles. The fraction of sp³-hybridized carbons (Fsp3) is 0.364. The summed E-state index contributed by atoms with van der Waals surface area (Å²) in [4.78, 5) is 26.0. The molecule has 9 nitrogen and oxygen atoms in total. The van der Waals surface area contributed by atoms with Crippen molar-refractivity contribution < 1.29 is 37.0 Å². The normalized spacial score (nSPS) is 19.5. The van der Waals surface area contributed by atoms with E-state index in [4.69, 9.17) is 18.9 Å². The molecule has 0 aromatic heterocycles. The molecular formula is C22H23NO8S. The number of benzene rings is 2. The van der Waals surface area contributed by atoms with E-state index < -0.39 is 21.9 Å². The highest BCUT2D eigenvalue weighted by atomic mass is 32.2. The van der Waals surface area contributed by atoms with E-state index in [2.05, 4.69) is 0 Å². The summed E-state index contributed by atoms with van der Waals surface area (Å²) in [6, 6.07) is 8.98. The number of nitrogens with zero attached hydrogens (tertiary/aromatic N) is 1. The molecule has 0 saturated carbocycles. The quantitative estimate of drug-likeness (QED) is 0.625. The lowest BCUT2D eigenvalue weighted by Gasteiger charge is -2.16. The van der Waals surface area contributed by atoms with Crippen LogP contribution < -0.4 is 14.2 Å². The van der Waals surface area contributed by atoms with Crippen LogP contribution in [0.15, 0.2) is 41.3 Å². The first-order valence-corrected chi connectivity index (χ1v) is 11.7. The zero-order valence-electron chi connectivity index (χ0n) is 17.7. The molecule has 2 aromatic carbocycles. The Labute approximate surface area is 185 Å². The van der Waals surface area contributed by atoms with Gasteiger partial charge < -0.3 is 23.8 Å². The number of ether oxygens (including phenoxy) is 4. The Hall–Kier alpha value is -3.27. The first-order valence-electron chi connectivity index (χ1n) is 10.1. The van der Waals surface area contributed by atoms with E-state index >= 15 is 0 Å². The number of carbonyl (C=O) groups excluding carboxylic acids is 2. The molecule has 0 aliphatic carbocycles. The number of hydrogen-bond donors (Lipinski definition) is 0. The zero-order valence-corrected chi connectivity index (χ0v) is 18.5. The Kier molecular flexibility index (Phi) is 5.96. The predicted molar refractivity (Wildman–Crippen MR) is 113 cm³/mol. The molecule has 0 spiro atoms. The molecular weight excluding hydrogens is 438 g/mol. The summed E-state index contributed by atoms with van der Waals surface area (Å²) < 4.78 is 46.8. The first-order chi connectivity index (χ1) is 15.3. The van der Waals surface area contributed by atoms with Crippen LogP contribution in [0.4, 0.5) is 0 Å². The number of likely N-dealkylation sites (tertiary alicyclic amines) is 1. The standard InChI is InChI=1S/C22H23NO8S/c1-23-7-6-18(21(23)24)31-17-11-14(22(25)28-2)10-16(12-17)30-15-4-5-20-19(13-15)29-8-3-9-32(20,26)27/h4-5,10-13,18H,3,6-9H2,1-2H3. The first kappa shape index (κ1) is 21.9. The lowest BCUT2D eigenvalue weighted by molar-refractivity contribution is -0.132.